The first kappa shape index (κ1) is 10.7. The van der Waals surface area contributed by atoms with Gasteiger partial charge >= 0.3 is 0 Å². The first-order valence-corrected chi connectivity index (χ1v) is 5.02. The maximum Gasteiger partial charge on any atom is 0.0626 e. The fourth-order valence-corrected chi connectivity index (χ4v) is 1.71. The van der Waals surface area contributed by atoms with Crippen LogP contribution in [0.1, 0.15) is 17.2 Å². The molecule has 0 amide bonds. The second-order valence-corrected chi connectivity index (χ2v) is 3.94. The fraction of sp³-hybridized carbons (Fsp3) is 0.400. The Labute approximate surface area is 87.1 Å². The Balaban J connectivity index is 3.03. The summed E-state index contributed by atoms with van der Waals surface area (Å²) in [7, 11) is 1.85. The van der Waals surface area contributed by atoms with Crippen LogP contribution in [0.15, 0.2) is 22.7 Å². The van der Waals surface area contributed by atoms with Gasteiger partial charge in [-0.25, -0.2) is 0 Å². The van der Waals surface area contributed by atoms with Crippen LogP contribution in [0.25, 0.3) is 0 Å². The minimum absolute atomic E-state index is 0.0255. The molecule has 1 rings (SSSR count). The normalized spacial score (nSPS) is 12.9. The number of hydrogen-bond acceptors (Lipinski definition) is 2. The zero-order valence-electron chi connectivity index (χ0n) is 7.84. The van der Waals surface area contributed by atoms with Gasteiger partial charge in [-0.05, 0) is 37.2 Å². The monoisotopic (exact) mass is 243 g/mol. The fourth-order valence-electron chi connectivity index (χ4n) is 1.33. The molecule has 0 spiro atoms. The highest BCUT2D eigenvalue weighted by Crippen LogP contribution is 2.21. The Hall–Kier alpha value is -0.380. The molecule has 0 heterocycles. The van der Waals surface area contributed by atoms with Crippen LogP contribution in [0, 0.1) is 6.92 Å². The van der Waals surface area contributed by atoms with Gasteiger partial charge in [-0.1, -0.05) is 22.0 Å². The molecular weight excluding hydrogens is 230 g/mol. The van der Waals surface area contributed by atoms with Crippen molar-refractivity contribution in [2.75, 3.05) is 13.7 Å². The van der Waals surface area contributed by atoms with Gasteiger partial charge in [0, 0.05) is 4.47 Å². The third-order valence-electron chi connectivity index (χ3n) is 2.15. The number of halogens is 1. The Kier molecular flexibility index (Phi) is 3.90. The van der Waals surface area contributed by atoms with Gasteiger partial charge in [0.15, 0.2) is 0 Å². The minimum atomic E-state index is 0.0255. The number of rotatable bonds is 3. The maximum atomic E-state index is 9.12. The van der Waals surface area contributed by atoms with Gasteiger partial charge in [0.25, 0.3) is 0 Å². The van der Waals surface area contributed by atoms with Gasteiger partial charge in [-0.2, -0.15) is 0 Å². The molecule has 2 N–H and O–H groups in total. The molecular formula is C10H14BrNO. The molecule has 2 nitrogen and oxygen atoms in total. The number of aryl methyl sites for hydroxylation is 1. The van der Waals surface area contributed by atoms with Crippen molar-refractivity contribution in [2.45, 2.75) is 13.0 Å². The molecule has 0 bridgehead atoms. The molecule has 0 unspecified atom stereocenters. The molecule has 1 aromatic rings. The number of aliphatic hydroxyl groups excluding tert-OH is 1. The second-order valence-electron chi connectivity index (χ2n) is 3.02. The lowest BCUT2D eigenvalue weighted by atomic mass is 10.0. The third kappa shape index (κ3) is 2.53. The van der Waals surface area contributed by atoms with Gasteiger partial charge in [0.05, 0.1) is 12.6 Å². The lowest BCUT2D eigenvalue weighted by molar-refractivity contribution is 0.250. The van der Waals surface area contributed by atoms with Gasteiger partial charge in [0.1, 0.15) is 0 Å². The summed E-state index contributed by atoms with van der Waals surface area (Å²) in [5, 5.41) is 12.2. The summed E-state index contributed by atoms with van der Waals surface area (Å²) in [5.41, 5.74) is 2.33. The van der Waals surface area contributed by atoms with Gasteiger partial charge in [-0.3, -0.25) is 0 Å². The van der Waals surface area contributed by atoms with E-state index in [2.05, 4.69) is 21.2 Å². The van der Waals surface area contributed by atoms with E-state index in [1.54, 1.807) is 0 Å². The zero-order chi connectivity index (χ0) is 9.84. The number of aliphatic hydroxyl groups is 1. The highest BCUT2D eigenvalue weighted by Gasteiger charge is 2.10. The molecule has 0 fully saturated rings. The molecule has 0 radical (unpaired) electrons. The predicted molar refractivity (Wildman–Crippen MR) is 57.8 cm³/mol. The van der Waals surface area contributed by atoms with E-state index in [4.69, 9.17) is 5.11 Å². The van der Waals surface area contributed by atoms with E-state index in [0.717, 1.165) is 10.0 Å². The number of benzene rings is 1. The van der Waals surface area contributed by atoms with E-state index in [1.165, 1.54) is 5.56 Å². The molecule has 3 heteroatoms. The molecule has 0 aromatic heterocycles. The number of hydrogen-bond donors (Lipinski definition) is 2. The minimum Gasteiger partial charge on any atom is -0.394 e. The van der Waals surface area contributed by atoms with Crippen molar-refractivity contribution >= 4 is 15.9 Å². The topological polar surface area (TPSA) is 32.3 Å². The molecule has 0 aliphatic carbocycles. The summed E-state index contributed by atoms with van der Waals surface area (Å²) in [5.74, 6) is 0. The zero-order valence-corrected chi connectivity index (χ0v) is 9.43. The third-order valence-corrected chi connectivity index (χ3v) is 2.64. The van der Waals surface area contributed by atoms with Crippen molar-refractivity contribution in [3.8, 4) is 0 Å². The van der Waals surface area contributed by atoms with Gasteiger partial charge < -0.3 is 10.4 Å². The van der Waals surface area contributed by atoms with Crippen LogP contribution >= 0.6 is 15.9 Å². The molecule has 72 valence electrons. The van der Waals surface area contributed by atoms with E-state index in [1.807, 2.05) is 32.2 Å². The highest BCUT2D eigenvalue weighted by molar-refractivity contribution is 9.10. The van der Waals surface area contributed by atoms with E-state index in [0.29, 0.717) is 0 Å². The van der Waals surface area contributed by atoms with Gasteiger partial charge in [0.2, 0.25) is 0 Å². The summed E-state index contributed by atoms with van der Waals surface area (Å²) in [6.45, 7) is 2.16. The molecule has 1 atom stereocenters. The van der Waals surface area contributed by atoms with Crippen LogP contribution in [-0.2, 0) is 0 Å². The Morgan fingerprint density at radius 1 is 1.54 bits per heavy atom. The highest BCUT2D eigenvalue weighted by atomic mass is 79.9. The number of nitrogens with one attached hydrogen (secondary N) is 1. The summed E-state index contributed by atoms with van der Waals surface area (Å²) < 4.78 is 1.04. The van der Waals surface area contributed by atoms with Crippen molar-refractivity contribution in [1.29, 1.82) is 0 Å². The van der Waals surface area contributed by atoms with Crippen LogP contribution < -0.4 is 5.32 Å². The van der Waals surface area contributed by atoms with E-state index < -0.39 is 0 Å². The maximum absolute atomic E-state index is 9.12. The standard InChI is InChI=1S/C10H14BrNO/c1-7-3-4-8(11)5-9(7)10(6-13)12-2/h3-5,10,12-13H,6H2,1-2H3/t10-/m0/s1. The summed E-state index contributed by atoms with van der Waals surface area (Å²) in [6.07, 6.45) is 0. The quantitative estimate of drug-likeness (QED) is 0.852. The Morgan fingerprint density at radius 3 is 2.77 bits per heavy atom. The van der Waals surface area contributed by atoms with Gasteiger partial charge in [-0.15, -0.1) is 0 Å². The average Bonchev–Trinajstić information content (AvgIpc) is 2.13. The van der Waals surface area contributed by atoms with Crippen molar-refractivity contribution < 1.29 is 5.11 Å². The average molecular weight is 244 g/mol. The van der Waals surface area contributed by atoms with Crippen LogP contribution in [0.3, 0.4) is 0 Å². The van der Waals surface area contributed by atoms with Crippen molar-refractivity contribution in [3.63, 3.8) is 0 Å². The molecule has 1 aromatic carbocycles. The molecule has 0 saturated heterocycles. The summed E-state index contributed by atoms with van der Waals surface area (Å²) in [6, 6.07) is 6.10. The summed E-state index contributed by atoms with van der Waals surface area (Å²) in [4.78, 5) is 0. The van der Waals surface area contributed by atoms with Crippen molar-refractivity contribution in [1.82, 2.24) is 5.32 Å². The summed E-state index contributed by atoms with van der Waals surface area (Å²) >= 11 is 3.41. The SMILES string of the molecule is CN[C@@H](CO)c1cc(Br)ccc1C. The van der Waals surface area contributed by atoms with E-state index in [9.17, 15) is 0 Å². The van der Waals surface area contributed by atoms with Crippen LogP contribution in [0.2, 0.25) is 0 Å². The van der Waals surface area contributed by atoms with Crippen LogP contribution in [0.5, 0.6) is 0 Å². The largest absolute Gasteiger partial charge is 0.394 e. The molecule has 0 aliphatic heterocycles. The van der Waals surface area contributed by atoms with Crippen LogP contribution in [0.4, 0.5) is 0 Å². The van der Waals surface area contributed by atoms with Crippen LogP contribution in [-0.4, -0.2) is 18.8 Å². The lowest BCUT2D eigenvalue weighted by Crippen LogP contribution is -2.20. The molecule has 0 aliphatic rings. The first-order chi connectivity index (χ1) is 6.19. The Morgan fingerprint density at radius 2 is 2.23 bits per heavy atom. The Bertz CT molecular complexity index is 284. The predicted octanol–water partition coefficient (Wildman–Crippen LogP) is 2.01. The van der Waals surface area contributed by atoms with Crippen molar-refractivity contribution in [2.24, 2.45) is 0 Å². The second kappa shape index (κ2) is 4.74. The lowest BCUT2D eigenvalue weighted by Gasteiger charge is -2.16. The molecule has 13 heavy (non-hydrogen) atoms. The smallest absolute Gasteiger partial charge is 0.0626 e. The van der Waals surface area contributed by atoms with E-state index in [-0.39, 0.29) is 12.6 Å². The molecule has 0 saturated carbocycles. The number of likely N-dealkylation sites (N-methyl/N-ethyl adjacent to an activating group) is 1. The first-order valence-electron chi connectivity index (χ1n) is 4.23. The van der Waals surface area contributed by atoms with E-state index >= 15 is 0 Å². The van der Waals surface area contributed by atoms with Crippen molar-refractivity contribution in [3.05, 3.63) is 33.8 Å².